The number of Topliss-reactive ketones (excluding diaryl/α,β-unsaturated/α-hetero) is 1. The lowest BCUT2D eigenvalue weighted by Gasteiger charge is -2.41. The lowest BCUT2D eigenvalue weighted by Crippen LogP contribution is -2.68. The van der Waals surface area contributed by atoms with Crippen molar-refractivity contribution < 1.29 is 23.7 Å². The van der Waals surface area contributed by atoms with Gasteiger partial charge < -0.3 is 20.8 Å². The van der Waals surface area contributed by atoms with Crippen molar-refractivity contribution in [1.82, 2.24) is 10.3 Å². The number of H-pyrrole nitrogens is 1. The Bertz CT molecular complexity index is 1370. The van der Waals surface area contributed by atoms with Crippen LogP contribution in [0.15, 0.2) is 54.6 Å². The molecule has 0 aliphatic carbocycles. The quantitative estimate of drug-likeness (QED) is 0.217. The predicted octanol–water partition coefficient (Wildman–Crippen LogP) is 4.41. The smallest absolute Gasteiger partial charge is 0.311 e. The van der Waals surface area contributed by atoms with Crippen LogP contribution in [0.1, 0.15) is 64.4 Å². The number of nitrogens with one attached hydrogen (secondary N) is 2. The second-order valence-electron chi connectivity index (χ2n) is 11.0. The molecule has 0 spiro atoms. The van der Waals surface area contributed by atoms with Gasteiger partial charge in [0, 0.05) is 48.8 Å². The van der Waals surface area contributed by atoms with E-state index in [2.05, 4.69) is 28.5 Å². The minimum Gasteiger partial charge on any atom is -0.364 e. The van der Waals surface area contributed by atoms with E-state index >= 15 is 0 Å². The van der Waals surface area contributed by atoms with Gasteiger partial charge in [-0.15, -0.1) is 0 Å². The molecule has 1 saturated heterocycles. The molecule has 1 aromatic heterocycles. The number of carbonyl (C=O) groups is 4. The van der Waals surface area contributed by atoms with Gasteiger partial charge in [0.2, 0.25) is 0 Å². The molecular weight excluding hydrogens is 504 g/mol. The van der Waals surface area contributed by atoms with Crippen LogP contribution in [0.5, 0.6) is 0 Å². The fourth-order valence-electron chi connectivity index (χ4n) is 6.47. The molecule has 4 N–H and O–H groups in total. The maximum Gasteiger partial charge on any atom is 0.311 e. The Morgan fingerprint density at radius 2 is 1.73 bits per heavy atom. The lowest BCUT2D eigenvalue weighted by atomic mass is 9.99. The fourth-order valence-corrected chi connectivity index (χ4v) is 6.47. The first-order valence-corrected chi connectivity index (χ1v) is 14.4. The van der Waals surface area contributed by atoms with E-state index in [-0.39, 0.29) is 22.1 Å². The number of likely N-dealkylation sites (tertiary alicyclic amines) is 1. The maximum atomic E-state index is 13.8. The Morgan fingerprint density at radius 1 is 1.00 bits per heavy atom. The first-order chi connectivity index (χ1) is 19.3. The van der Waals surface area contributed by atoms with Gasteiger partial charge in [0.05, 0.1) is 13.5 Å². The standard InChI is InChI=1S/C32H40N4O4/c1-22(37)12-5-3-8-17-29(36(23(2)38)21-11-18-28(36)31(33)39)32(40)34-20-19-26-25-15-9-10-16-27(25)35-30(26)24-13-6-4-7-14-24/h4,6-7,9-10,13-16,28-29,35H,3,5,8,11-12,17-21H2,1-2H3,(H2-,33,34,39,40)/p+1/t28-,29-,36?/m0/s1. The maximum absolute atomic E-state index is 13.8. The second kappa shape index (κ2) is 13.0. The monoisotopic (exact) mass is 545 g/mol. The van der Waals surface area contributed by atoms with E-state index in [4.69, 9.17) is 5.73 Å². The van der Waals surface area contributed by atoms with Crippen molar-refractivity contribution in [2.75, 3.05) is 13.1 Å². The van der Waals surface area contributed by atoms with Crippen LogP contribution in [-0.2, 0) is 25.6 Å². The molecule has 212 valence electrons. The van der Waals surface area contributed by atoms with Gasteiger partial charge in [-0.25, -0.2) is 9.28 Å². The molecule has 0 saturated carbocycles. The largest absolute Gasteiger partial charge is 0.364 e. The predicted molar refractivity (Wildman–Crippen MR) is 156 cm³/mol. The molecule has 1 aliphatic rings. The number of nitrogens with two attached hydrogens (primary N) is 1. The number of hydrogen-bond acceptors (Lipinski definition) is 4. The zero-order chi connectivity index (χ0) is 28.7. The molecule has 3 atom stereocenters. The molecule has 3 aromatic rings. The van der Waals surface area contributed by atoms with Crippen LogP contribution in [0.25, 0.3) is 22.2 Å². The summed E-state index contributed by atoms with van der Waals surface area (Å²) in [4.78, 5) is 54.3. The zero-order valence-electron chi connectivity index (χ0n) is 23.6. The minimum atomic E-state index is -0.705. The average Bonchev–Trinajstić information content (AvgIpc) is 3.54. The van der Waals surface area contributed by atoms with E-state index in [0.717, 1.165) is 40.6 Å². The first kappa shape index (κ1) is 29.2. The van der Waals surface area contributed by atoms with Crippen LogP contribution in [0, 0.1) is 0 Å². The van der Waals surface area contributed by atoms with Crippen molar-refractivity contribution in [3.05, 3.63) is 60.2 Å². The van der Waals surface area contributed by atoms with Gasteiger partial charge in [-0.3, -0.25) is 9.59 Å². The number of benzene rings is 2. The number of nitrogens with zero attached hydrogens (tertiary/aromatic N) is 1. The van der Waals surface area contributed by atoms with Crippen molar-refractivity contribution >= 4 is 34.4 Å². The van der Waals surface area contributed by atoms with Crippen molar-refractivity contribution in [3.63, 3.8) is 0 Å². The van der Waals surface area contributed by atoms with Crippen molar-refractivity contribution in [2.24, 2.45) is 5.73 Å². The number of carbonyl (C=O) groups excluding carboxylic acids is 4. The Morgan fingerprint density at radius 3 is 2.42 bits per heavy atom. The van der Waals surface area contributed by atoms with E-state index in [1.54, 1.807) is 6.92 Å². The first-order valence-electron chi connectivity index (χ1n) is 14.4. The molecule has 1 unspecified atom stereocenters. The van der Waals surface area contributed by atoms with Crippen LogP contribution in [-0.4, -0.2) is 58.1 Å². The van der Waals surface area contributed by atoms with Crippen LogP contribution in [0.2, 0.25) is 0 Å². The average molecular weight is 546 g/mol. The molecule has 3 amide bonds. The second-order valence-corrected chi connectivity index (χ2v) is 11.0. The normalized spacial score (nSPS) is 19.4. The van der Waals surface area contributed by atoms with E-state index < -0.39 is 18.0 Å². The SMILES string of the molecule is CC(=O)CCCCC[C@@H](C(=O)NCCc1c(-c2ccccc2)[nH]c2ccccc12)[N+]1(C(C)=O)CCC[C@H]1C(N)=O. The lowest BCUT2D eigenvalue weighted by molar-refractivity contribution is -0.873. The zero-order valence-corrected chi connectivity index (χ0v) is 23.6. The van der Waals surface area contributed by atoms with E-state index in [1.165, 1.54) is 6.92 Å². The molecule has 4 rings (SSSR count). The Hall–Kier alpha value is -3.78. The molecule has 40 heavy (non-hydrogen) atoms. The third-order valence-corrected chi connectivity index (χ3v) is 8.39. The highest BCUT2D eigenvalue weighted by molar-refractivity contribution is 5.91. The van der Waals surface area contributed by atoms with Gasteiger partial charge in [-0.05, 0) is 43.4 Å². The summed E-state index contributed by atoms with van der Waals surface area (Å²) in [5.74, 6) is -0.820. The number of amides is 3. The summed E-state index contributed by atoms with van der Waals surface area (Å²) in [5, 5.41) is 4.22. The molecule has 1 aliphatic heterocycles. The number of aromatic nitrogens is 1. The summed E-state index contributed by atoms with van der Waals surface area (Å²) in [6.45, 7) is 3.86. The number of unbranched alkanes of at least 4 members (excludes halogenated alkanes) is 2. The van der Waals surface area contributed by atoms with Crippen LogP contribution >= 0.6 is 0 Å². The number of ketones is 1. The molecule has 1 fully saturated rings. The molecule has 8 nitrogen and oxygen atoms in total. The molecule has 2 aromatic carbocycles. The summed E-state index contributed by atoms with van der Waals surface area (Å²) < 4.78 is -0.212. The van der Waals surface area contributed by atoms with Gasteiger partial charge in [0.15, 0.2) is 12.1 Å². The number of rotatable bonds is 13. The summed E-state index contributed by atoms with van der Waals surface area (Å²) in [5.41, 5.74) is 10.0. The van der Waals surface area contributed by atoms with E-state index in [9.17, 15) is 19.2 Å². The van der Waals surface area contributed by atoms with Gasteiger partial charge in [-0.2, -0.15) is 0 Å². The van der Waals surface area contributed by atoms with Gasteiger partial charge >= 0.3 is 5.91 Å². The number of quaternary nitrogens is 1. The van der Waals surface area contributed by atoms with Gasteiger partial charge in [-0.1, -0.05) is 55.0 Å². The van der Waals surface area contributed by atoms with E-state index in [1.807, 2.05) is 36.4 Å². The molecule has 0 bridgehead atoms. The number of primary amides is 1. The van der Waals surface area contributed by atoms with Gasteiger partial charge in [0.25, 0.3) is 11.8 Å². The Labute approximate surface area is 235 Å². The molecule has 0 radical (unpaired) electrons. The van der Waals surface area contributed by atoms with Crippen molar-refractivity contribution in [1.29, 1.82) is 0 Å². The number of fused-ring (bicyclic) bond motifs is 1. The molecule has 8 heteroatoms. The summed E-state index contributed by atoms with van der Waals surface area (Å²) in [6, 6.07) is 16.8. The number of aromatic amines is 1. The Balaban J connectivity index is 1.55. The number of hydrogen-bond donors (Lipinski definition) is 3. The van der Waals surface area contributed by atoms with Crippen molar-refractivity contribution in [3.8, 4) is 11.3 Å². The topological polar surface area (TPSA) is 122 Å². The molecule has 2 heterocycles. The minimum absolute atomic E-state index is 0.141. The summed E-state index contributed by atoms with van der Waals surface area (Å²) >= 11 is 0. The molecular formula is C32H41N4O4+. The third-order valence-electron chi connectivity index (χ3n) is 8.39. The summed E-state index contributed by atoms with van der Waals surface area (Å²) in [6.07, 6.45) is 4.92. The highest BCUT2D eigenvalue weighted by Gasteiger charge is 2.56. The Kier molecular flexibility index (Phi) is 9.53. The highest BCUT2D eigenvalue weighted by atomic mass is 16.2. The summed E-state index contributed by atoms with van der Waals surface area (Å²) in [7, 11) is 0. The van der Waals surface area contributed by atoms with E-state index in [0.29, 0.717) is 51.6 Å². The van der Waals surface area contributed by atoms with Crippen molar-refractivity contribution in [2.45, 2.75) is 77.3 Å². The number of para-hydroxylation sites is 1. The van der Waals surface area contributed by atoms with Crippen LogP contribution < -0.4 is 11.1 Å². The fraction of sp³-hybridized carbons (Fsp3) is 0.438. The highest BCUT2D eigenvalue weighted by Crippen LogP contribution is 2.34. The van der Waals surface area contributed by atoms with Gasteiger partial charge in [0.1, 0.15) is 5.78 Å². The van der Waals surface area contributed by atoms with Crippen LogP contribution in [0.3, 0.4) is 0 Å². The van der Waals surface area contributed by atoms with Crippen LogP contribution in [0.4, 0.5) is 0 Å². The third kappa shape index (κ3) is 6.17.